The number of esters is 1. The van der Waals surface area contributed by atoms with Crippen molar-refractivity contribution in [3.05, 3.63) is 70.2 Å². The minimum Gasteiger partial charge on any atom is -0.460 e. The molecular weight excluding hydrogens is 909 g/mol. The maximum absolute atomic E-state index is 14.4. The van der Waals surface area contributed by atoms with Gasteiger partial charge in [0.1, 0.15) is 23.0 Å². The van der Waals surface area contributed by atoms with E-state index in [4.69, 9.17) is 19.2 Å². The second-order valence-electron chi connectivity index (χ2n) is 20.2. The van der Waals surface area contributed by atoms with Gasteiger partial charge in [0.2, 0.25) is 11.8 Å². The van der Waals surface area contributed by atoms with Crippen LogP contribution in [0.1, 0.15) is 125 Å². The van der Waals surface area contributed by atoms with Gasteiger partial charge in [-0.15, -0.1) is 0 Å². The molecule has 4 fully saturated rings. The molecule has 4 aliphatic rings. The number of anilines is 2. The molecule has 2 unspecified atom stereocenters. The number of imidazole rings is 1. The third-order valence-electron chi connectivity index (χ3n) is 14.0. The summed E-state index contributed by atoms with van der Waals surface area (Å²) in [6.45, 7) is 8.95. The Bertz CT molecular complexity index is 2790. The maximum Gasteiger partial charge on any atom is 0.329 e. The topological polar surface area (TPSA) is 210 Å². The average Bonchev–Trinajstić information content (AvgIpc) is 4.18. The van der Waals surface area contributed by atoms with Crippen molar-refractivity contribution in [1.82, 2.24) is 44.1 Å². The zero-order valence-corrected chi connectivity index (χ0v) is 40.2. The summed E-state index contributed by atoms with van der Waals surface area (Å²) in [6, 6.07) is 6.87. The highest BCUT2D eigenvalue weighted by atomic mass is 19.3. The first-order valence-corrected chi connectivity index (χ1v) is 24.6. The van der Waals surface area contributed by atoms with E-state index in [1.165, 1.54) is 21.5 Å². The molecular formula is C49H63F2N11O8. The Kier molecular flexibility index (Phi) is 14.5. The van der Waals surface area contributed by atoms with Gasteiger partial charge in [-0.25, -0.2) is 23.1 Å². The Morgan fingerprint density at radius 3 is 2.56 bits per heavy atom. The molecule has 376 valence electrons. The number of aromatic nitrogens is 7. The normalized spacial score (nSPS) is 22.1. The molecule has 3 aliphatic heterocycles. The lowest BCUT2D eigenvalue weighted by molar-refractivity contribution is -0.160. The van der Waals surface area contributed by atoms with Crippen LogP contribution in [-0.2, 0) is 42.1 Å². The van der Waals surface area contributed by atoms with Crippen molar-refractivity contribution in [3.63, 3.8) is 0 Å². The Balaban J connectivity index is 0.732. The Morgan fingerprint density at radius 2 is 1.83 bits per heavy atom. The number of aryl methyl sites for hydroxylation is 2. The van der Waals surface area contributed by atoms with Crippen LogP contribution in [0, 0.1) is 11.8 Å². The number of nitrogens with zero attached hydrogens (tertiary/aromatic N) is 8. The molecule has 21 heteroatoms. The number of ether oxygens (including phenoxy) is 3. The number of carbonyl (C=O) groups excluding carboxylic acids is 4. The minimum absolute atomic E-state index is 0.0460. The first-order valence-electron chi connectivity index (χ1n) is 24.6. The molecule has 5 aromatic rings. The summed E-state index contributed by atoms with van der Waals surface area (Å²) in [7, 11) is 1.69. The second-order valence-corrected chi connectivity index (χ2v) is 20.2. The largest absolute Gasteiger partial charge is 0.460 e. The van der Waals surface area contributed by atoms with Crippen molar-refractivity contribution in [3.8, 4) is 0 Å². The van der Waals surface area contributed by atoms with Gasteiger partial charge in [-0.05, 0) is 115 Å². The molecule has 0 radical (unpaired) electrons. The lowest BCUT2D eigenvalue weighted by atomic mass is 9.86. The van der Waals surface area contributed by atoms with Crippen LogP contribution < -0.4 is 26.5 Å². The van der Waals surface area contributed by atoms with Crippen LogP contribution >= 0.6 is 0 Å². The Hall–Kier alpha value is -6.06. The number of rotatable bonds is 19. The number of halogens is 2. The van der Waals surface area contributed by atoms with Gasteiger partial charge in [-0.1, -0.05) is 12.1 Å². The Labute approximate surface area is 403 Å². The third-order valence-corrected chi connectivity index (χ3v) is 14.0. The zero-order valence-electron chi connectivity index (χ0n) is 40.2. The van der Waals surface area contributed by atoms with Gasteiger partial charge in [0.25, 0.3) is 12.3 Å². The van der Waals surface area contributed by atoms with Crippen molar-refractivity contribution in [2.24, 2.45) is 18.9 Å². The van der Waals surface area contributed by atoms with Gasteiger partial charge in [0, 0.05) is 52.2 Å². The summed E-state index contributed by atoms with van der Waals surface area (Å²) >= 11 is 0. The van der Waals surface area contributed by atoms with Crippen molar-refractivity contribution < 1.29 is 42.2 Å². The number of nitrogens with one attached hydrogen (secondary N) is 3. The number of piperidine rings is 1. The van der Waals surface area contributed by atoms with E-state index in [1.807, 2.05) is 45.0 Å². The highest BCUT2D eigenvalue weighted by Crippen LogP contribution is 2.36. The SMILES string of the molecule is Cn1c(=O)n(C2CCC(=O)NC2=O)c2cccc(CCCOCCCC(CNCC3CCC(n4cc(NC(=O)c5cnn6ccc(N7C[C@H]8C[C@@H]7CO8)nc56)c(C(F)F)n4)CC3)C(=O)OC(C)(C)C)c21. The van der Waals surface area contributed by atoms with Crippen molar-refractivity contribution >= 4 is 51.9 Å². The smallest absolute Gasteiger partial charge is 0.329 e. The van der Waals surface area contributed by atoms with Crippen molar-refractivity contribution in [2.45, 2.75) is 128 Å². The van der Waals surface area contributed by atoms with Crippen LogP contribution in [0.5, 0.6) is 0 Å². The number of benzene rings is 1. The molecule has 7 heterocycles. The van der Waals surface area contributed by atoms with Crippen LogP contribution in [0.4, 0.5) is 20.3 Å². The van der Waals surface area contributed by atoms with Crippen LogP contribution in [0.15, 0.2) is 47.7 Å². The minimum atomic E-state index is -2.90. The predicted octanol–water partition coefficient (Wildman–Crippen LogP) is 5.43. The fourth-order valence-corrected chi connectivity index (χ4v) is 10.5. The second kappa shape index (κ2) is 20.7. The van der Waals surface area contributed by atoms with Crippen LogP contribution in [0.3, 0.4) is 0 Å². The van der Waals surface area contributed by atoms with Gasteiger partial charge in [-0.2, -0.15) is 10.2 Å². The maximum atomic E-state index is 14.4. The number of amides is 3. The van der Waals surface area contributed by atoms with E-state index in [0.29, 0.717) is 94.3 Å². The molecule has 4 aromatic heterocycles. The van der Waals surface area contributed by atoms with Gasteiger partial charge in [0.05, 0.1) is 53.6 Å². The molecule has 3 saturated heterocycles. The van der Waals surface area contributed by atoms with Crippen LogP contribution in [-0.4, -0.2) is 114 Å². The van der Waals surface area contributed by atoms with E-state index in [9.17, 15) is 32.8 Å². The summed E-state index contributed by atoms with van der Waals surface area (Å²) in [6.07, 6.45) is 8.90. The van der Waals surface area contributed by atoms with E-state index in [2.05, 4.69) is 31.0 Å². The number of imide groups is 1. The predicted molar refractivity (Wildman–Crippen MR) is 254 cm³/mol. The summed E-state index contributed by atoms with van der Waals surface area (Å²) < 4.78 is 52.4. The fraction of sp³-hybridized carbons (Fsp3) is 0.592. The third kappa shape index (κ3) is 10.7. The monoisotopic (exact) mass is 971 g/mol. The number of fused-ring (bicyclic) bond motifs is 4. The number of alkyl halides is 2. The highest BCUT2D eigenvalue weighted by Gasteiger charge is 2.40. The first kappa shape index (κ1) is 48.9. The van der Waals surface area contributed by atoms with Crippen molar-refractivity contribution in [1.29, 1.82) is 0 Å². The molecule has 19 nitrogen and oxygen atoms in total. The number of carbonyl (C=O) groups is 4. The van der Waals surface area contributed by atoms with Gasteiger partial charge in [-0.3, -0.25) is 38.3 Å². The lowest BCUT2D eigenvalue weighted by Crippen LogP contribution is -2.44. The number of hydrogen-bond donors (Lipinski definition) is 3. The van der Waals surface area contributed by atoms with E-state index in [0.717, 1.165) is 36.9 Å². The molecule has 3 amide bonds. The lowest BCUT2D eigenvalue weighted by Gasteiger charge is -2.29. The molecule has 4 atom stereocenters. The Morgan fingerprint density at radius 1 is 1.03 bits per heavy atom. The highest BCUT2D eigenvalue weighted by molar-refractivity contribution is 6.08. The van der Waals surface area contributed by atoms with E-state index >= 15 is 0 Å². The molecule has 2 bridgehead atoms. The summed E-state index contributed by atoms with van der Waals surface area (Å²) in [5.74, 6) is -1.03. The van der Waals surface area contributed by atoms with Crippen molar-refractivity contribution in [2.75, 3.05) is 49.7 Å². The molecule has 1 aromatic carbocycles. The summed E-state index contributed by atoms with van der Waals surface area (Å²) in [5, 5.41) is 17.1. The molecule has 1 aliphatic carbocycles. The van der Waals surface area contributed by atoms with Crippen LogP contribution in [0.25, 0.3) is 16.7 Å². The van der Waals surface area contributed by atoms with E-state index in [1.54, 1.807) is 22.5 Å². The molecule has 70 heavy (non-hydrogen) atoms. The standard InChI is InChI=1S/C49H63F2N11O8/c1-49(2,3)70-47(66)31(10-7-21-68-20-6-9-30-8-5-11-37-42(30)58(4)48(67)62(37)38-16-17-40(63)56-46(38)65)24-52-23-29-12-14-32(15-13-29)61-27-36(41(57-61)43(50)51)54-45(64)35-25-53-60-19-18-39(55-44(35)60)59-26-34-22-33(59)28-69-34/h5,8,11,18-19,25,27,29,31-34,38,43,52H,6-7,9-10,12-17,20-24,26,28H2,1-4H3,(H,54,64)(H,56,63,65)/t29?,31?,32?,33-,34-,38?/m1/s1. The fourth-order valence-electron chi connectivity index (χ4n) is 10.5. The summed E-state index contributed by atoms with van der Waals surface area (Å²) in [5.41, 5.74) is 1.39. The van der Waals surface area contributed by atoms with E-state index in [-0.39, 0.29) is 65.8 Å². The molecule has 3 N–H and O–H groups in total. The molecule has 9 rings (SSSR count). The van der Waals surface area contributed by atoms with Gasteiger partial charge in [0.15, 0.2) is 11.3 Å². The average molecular weight is 972 g/mol. The zero-order chi connectivity index (χ0) is 49.3. The van der Waals surface area contributed by atoms with Gasteiger partial charge >= 0.3 is 11.7 Å². The summed E-state index contributed by atoms with van der Waals surface area (Å²) in [4.78, 5) is 71.5. The van der Waals surface area contributed by atoms with E-state index < -0.39 is 35.6 Å². The number of morpholine rings is 1. The number of para-hydroxylation sites is 1. The van der Waals surface area contributed by atoms with Crippen LogP contribution in [0.2, 0.25) is 0 Å². The van der Waals surface area contributed by atoms with Gasteiger partial charge < -0.3 is 29.7 Å². The quantitative estimate of drug-likeness (QED) is 0.0536. The molecule has 1 saturated carbocycles. The number of hydrogen-bond acceptors (Lipinski definition) is 13. The first-order chi connectivity index (χ1) is 33.6. The molecule has 0 spiro atoms.